The zero-order chi connectivity index (χ0) is 14.8. The minimum absolute atomic E-state index is 0.0740. The molecule has 5 heteroatoms. The second-order valence-corrected chi connectivity index (χ2v) is 5.34. The van der Waals surface area contributed by atoms with Crippen LogP contribution < -0.4 is 10.1 Å². The normalized spacial score (nSPS) is 14.4. The van der Waals surface area contributed by atoms with Gasteiger partial charge in [0.1, 0.15) is 23.9 Å². The number of benzene rings is 1. The van der Waals surface area contributed by atoms with Crippen molar-refractivity contribution < 1.29 is 17.9 Å². The lowest BCUT2D eigenvalue weighted by atomic mass is 10.2. The van der Waals surface area contributed by atoms with Gasteiger partial charge in [0.15, 0.2) is 11.6 Å². The van der Waals surface area contributed by atoms with Gasteiger partial charge >= 0.3 is 0 Å². The van der Waals surface area contributed by atoms with E-state index in [2.05, 4.69) is 5.32 Å². The maximum absolute atomic E-state index is 13.4. The smallest absolute Gasteiger partial charge is 0.165 e. The zero-order valence-corrected chi connectivity index (χ0v) is 11.8. The third-order valence-electron chi connectivity index (χ3n) is 3.46. The van der Waals surface area contributed by atoms with Crippen molar-refractivity contribution in [3.05, 3.63) is 53.0 Å². The molecule has 0 amide bonds. The number of hydrogen-bond donors (Lipinski definition) is 1. The molecule has 0 aliphatic heterocycles. The third kappa shape index (κ3) is 3.61. The summed E-state index contributed by atoms with van der Waals surface area (Å²) in [5.74, 6) is 0.234. The minimum atomic E-state index is -0.588. The number of hydrogen-bond acceptors (Lipinski definition) is 3. The van der Waals surface area contributed by atoms with Crippen molar-refractivity contribution in [2.45, 2.75) is 39.0 Å². The summed E-state index contributed by atoms with van der Waals surface area (Å²) in [7, 11) is 0. The molecule has 2 aromatic rings. The van der Waals surface area contributed by atoms with Crippen molar-refractivity contribution in [3.63, 3.8) is 0 Å². The Bertz CT molecular complexity index is 635. The molecular formula is C16H17F2NO2. The first-order valence-corrected chi connectivity index (χ1v) is 7.01. The van der Waals surface area contributed by atoms with Crippen molar-refractivity contribution in [2.75, 3.05) is 0 Å². The van der Waals surface area contributed by atoms with E-state index in [0.29, 0.717) is 18.3 Å². The van der Waals surface area contributed by atoms with Gasteiger partial charge in [-0.3, -0.25) is 0 Å². The SMILES string of the molecule is Cc1cc(COc2cc(F)ccc2F)oc1CNC1CC1. The molecule has 1 saturated carbocycles. The summed E-state index contributed by atoms with van der Waals surface area (Å²) in [6.45, 7) is 2.72. The van der Waals surface area contributed by atoms with Gasteiger partial charge in [-0.1, -0.05) is 0 Å². The van der Waals surface area contributed by atoms with Crippen LogP contribution in [0.5, 0.6) is 5.75 Å². The van der Waals surface area contributed by atoms with Crippen molar-refractivity contribution >= 4 is 0 Å². The van der Waals surface area contributed by atoms with Gasteiger partial charge < -0.3 is 14.5 Å². The van der Waals surface area contributed by atoms with Crippen molar-refractivity contribution in [1.29, 1.82) is 0 Å². The molecule has 1 aromatic heterocycles. The molecular weight excluding hydrogens is 276 g/mol. The molecule has 0 atom stereocenters. The largest absolute Gasteiger partial charge is 0.482 e. The Morgan fingerprint density at radius 1 is 1.29 bits per heavy atom. The maximum Gasteiger partial charge on any atom is 0.165 e. The van der Waals surface area contributed by atoms with E-state index < -0.39 is 11.6 Å². The van der Waals surface area contributed by atoms with Crippen LogP contribution in [0.25, 0.3) is 0 Å². The van der Waals surface area contributed by atoms with E-state index in [0.717, 1.165) is 29.5 Å². The predicted octanol–water partition coefficient (Wildman–Crippen LogP) is 3.70. The van der Waals surface area contributed by atoms with Gasteiger partial charge in [0.05, 0.1) is 6.54 Å². The standard InChI is InChI=1S/C16H17F2NO2/c1-10-6-13(21-16(10)8-19-12-3-4-12)9-20-15-7-11(17)2-5-14(15)18/h2,5-7,12,19H,3-4,8-9H2,1H3. The number of ether oxygens (including phenoxy) is 1. The van der Waals surface area contributed by atoms with Gasteiger partial charge in [-0.2, -0.15) is 0 Å². The molecule has 1 N–H and O–H groups in total. The molecule has 1 heterocycles. The minimum Gasteiger partial charge on any atom is -0.482 e. The fraction of sp³-hybridized carbons (Fsp3) is 0.375. The van der Waals surface area contributed by atoms with Crippen LogP contribution in [0.1, 0.15) is 29.9 Å². The Balaban J connectivity index is 1.61. The van der Waals surface area contributed by atoms with E-state index in [-0.39, 0.29) is 12.4 Å². The third-order valence-corrected chi connectivity index (χ3v) is 3.46. The number of furan rings is 1. The molecule has 0 radical (unpaired) electrons. The Hall–Kier alpha value is -1.88. The van der Waals surface area contributed by atoms with Gasteiger partial charge in [-0.15, -0.1) is 0 Å². The number of halogens is 2. The van der Waals surface area contributed by atoms with Crippen molar-refractivity contribution in [3.8, 4) is 5.75 Å². The van der Waals surface area contributed by atoms with Crippen LogP contribution in [-0.2, 0) is 13.2 Å². The van der Waals surface area contributed by atoms with Gasteiger partial charge in [0.25, 0.3) is 0 Å². The fourth-order valence-electron chi connectivity index (χ4n) is 2.10. The first kappa shape index (κ1) is 14.1. The molecule has 21 heavy (non-hydrogen) atoms. The predicted molar refractivity (Wildman–Crippen MR) is 74.0 cm³/mol. The van der Waals surface area contributed by atoms with Gasteiger partial charge in [0, 0.05) is 12.1 Å². The summed E-state index contributed by atoms with van der Waals surface area (Å²) in [5.41, 5.74) is 1.03. The highest BCUT2D eigenvalue weighted by Gasteiger charge is 2.21. The van der Waals surface area contributed by atoms with Crippen LogP contribution in [0.2, 0.25) is 0 Å². The maximum atomic E-state index is 13.4. The van der Waals surface area contributed by atoms with E-state index in [1.54, 1.807) is 0 Å². The van der Waals surface area contributed by atoms with Crippen LogP contribution >= 0.6 is 0 Å². The number of nitrogens with one attached hydrogen (secondary N) is 1. The molecule has 1 fully saturated rings. The fourth-order valence-corrected chi connectivity index (χ4v) is 2.10. The average molecular weight is 293 g/mol. The molecule has 1 aliphatic rings. The van der Waals surface area contributed by atoms with Crippen LogP contribution in [0.3, 0.4) is 0 Å². The molecule has 112 valence electrons. The summed E-state index contributed by atoms with van der Waals surface area (Å²) in [4.78, 5) is 0. The van der Waals surface area contributed by atoms with Crippen molar-refractivity contribution in [1.82, 2.24) is 5.32 Å². The van der Waals surface area contributed by atoms with Crippen LogP contribution in [0.4, 0.5) is 8.78 Å². The van der Waals surface area contributed by atoms with Gasteiger partial charge in [-0.25, -0.2) is 8.78 Å². The monoisotopic (exact) mass is 293 g/mol. The molecule has 0 bridgehead atoms. The quantitative estimate of drug-likeness (QED) is 0.882. The van der Waals surface area contributed by atoms with E-state index in [1.165, 1.54) is 12.8 Å². The van der Waals surface area contributed by atoms with Crippen molar-refractivity contribution in [2.24, 2.45) is 0 Å². The Morgan fingerprint density at radius 3 is 2.86 bits per heavy atom. The van der Waals surface area contributed by atoms with E-state index in [1.807, 2.05) is 13.0 Å². The molecule has 3 rings (SSSR count). The first-order chi connectivity index (χ1) is 10.1. The first-order valence-electron chi connectivity index (χ1n) is 7.01. The number of rotatable bonds is 6. The highest BCUT2D eigenvalue weighted by atomic mass is 19.1. The lowest BCUT2D eigenvalue weighted by molar-refractivity contribution is 0.253. The topological polar surface area (TPSA) is 34.4 Å². The zero-order valence-electron chi connectivity index (χ0n) is 11.8. The van der Waals surface area contributed by atoms with Crippen LogP contribution in [0.15, 0.2) is 28.7 Å². The summed E-state index contributed by atoms with van der Waals surface area (Å²) < 4.78 is 37.4. The molecule has 0 saturated heterocycles. The Morgan fingerprint density at radius 2 is 2.10 bits per heavy atom. The van der Waals surface area contributed by atoms with E-state index in [9.17, 15) is 8.78 Å². The van der Waals surface area contributed by atoms with E-state index in [4.69, 9.17) is 9.15 Å². The Labute approximate surface area is 121 Å². The summed E-state index contributed by atoms with van der Waals surface area (Å²) >= 11 is 0. The summed E-state index contributed by atoms with van der Waals surface area (Å²) in [5, 5.41) is 3.37. The van der Waals surface area contributed by atoms with Crippen LogP contribution in [0, 0.1) is 18.6 Å². The molecule has 0 spiro atoms. The van der Waals surface area contributed by atoms with Gasteiger partial charge in [-0.05, 0) is 43.5 Å². The molecule has 1 aromatic carbocycles. The highest BCUT2D eigenvalue weighted by molar-refractivity contribution is 5.26. The lowest BCUT2D eigenvalue weighted by Gasteiger charge is -2.05. The molecule has 0 unspecified atom stereocenters. The lowest BCUT2D eigenvalue weighted by Crippen LogP contribution is -2.15. The van der Waals surface area contributed by atoms with E-state index >= 15 is 0 Å². The second-order valence-electron chi connectivity index (χ2n) is 5.34. The highest BCUT2D eigenvalue weighted by Crippen LogP contribution is 2.23. The number of aryl methyl sites for hydroxylation is 1. The summed E-state index contributed by atoms with van der Waals surface area (Å²) in [6, 6.07) is 5.60. The second kappa shape index (κ2) is 5.85. The summed E-state index contributed by atoms with van der Waals surface area (Å²) in [6.07, 6.45) is 2.43. The average Bonchev–Trinajstić information content (AvgIpc) is 3.21. The molecule has 3 nitrogen and oxygen atoms in total. The van der Waals surface area contributed by atoms with Crippen LogP contribution in [-0.4, -0.2) is 6.04 Å². The van der Waals surface area contributed by atoms with Gasteiger partial charge in [0.2, 0.25) is 0 Å². The Kier molecular flexibility index (Phi) is 3.92. The molecule has 1 aliphatic carbocycles.